The molecule has 0 spiro atoms. The maximum absolute atomic E-state index is 11.1. The van der Waals surface area contributed by atoms with Crippen molar-refractivity contribution in [2.45, 2.75) is 13.5 Å². The van der Waals surface area contributed by atoms with Crippen LogP contribution in [0.15, 0.2) is 18.2 Å². The third-order valence-corrected chi connectivity index (χ3v) is 2.22. The van der Waals surface area contributed by atoms with Gasteiger partial charge in [0.05, 0.1) is 5.02 Å². The van der Waals surface area contributed by atoms with E-state index in [9.17, 15) is 4.79 Å². The molecule has 0 aromatic heterocycles. The van der Waals surface area contributed by atoms with Crippen molar-refractivity contribution in [2.75, 3.05) is 14.1 Å². The van der Waals surface area contributed by atoms with E-state index < -0.39 is 0 Å². The molecular formula is C11H14ClNO. The van der Waals surface area contributed by atoms with Gasteiger partial charge in [-0.05, 0) is 38.7 Å². The van der Waals surface area contributed by atoms with E-state index in [0.717, 1.165) is 12.1 Å². The largest absolute Gasteiger partial charge is 0.305 e. The molecule has 0 aliphatic heterocycles. The van der Waals surface area contributed by atoms with Crippen LogP contribution in [0.1, 0.15) is 22.8 Å². The van der Waals surface area contributed by atoms with Gasteiger partial charge in [-0.1, -0.05) is 17.7 Å². The lowest BCUT2D eigenvalue weighted by molar-refractivity contribution is 0.101. The fraction of sp³-hybridized carbons (Fsp3) is 0.364. The predicted molar refractivity (Wildman–Crippen MR) is 58.8 cm³/mol. The molecule has 0 heterocycles. The van der Waals surface area contributed by atoms with Gasteiger partial charge in [0.15, 0.2) is 5.78 Å². The fourth-order valence-electron chi connectivity index (χ4n) is 1.31. The van der Waals surface area contributed by atoms with Crippen molar-refractivity contribution < 1.29 is 4.79 Å². The van der Waals surface area contributed by atoms with E-state index in [0.29, 0.717) is 10.6 Å². The Labute approximate surface area is 89.5 Å². The molecule has 0 N–H and O–H groups in total. The van der Waals surface area contributed by atoms with Crippen molar-refractivity contribution in [3.63, 3.8) is 0 Å². The Morgan fingerprint density at radius 2 is 2.07 bits per heavy atom. The number of halogens is 1. The minimum Gasteiger partial charge on any atom is -0.305 e. The Morgan fingerprint density at radius 3 is 2.50 bits per heavy atom. The Hall–Kier alpha value is -0.860. The number of nitrogens with zero attached hydrogens (tertiary/aromatic N) is 1. The number of rotatable bonds is 3. The number of hydrogen-bond donors (Lipinski definition) is 0. The molecule has 0 saturated carbocycles. The van der Waals surface area contributed by atoms with E-state index in [4.69, 9.17) is 11.6 Å². The Bertz CT molecular complexity index is 347. The molecule has 0 unspecified atom stereocenters. The van der Waals surface area contributed by atoms with Gasteiger partial charge in [-0.2, -0.15) is 0 Å². The van der Waals surface area contributed by atoms with Crippen LogP contribution in [-0.4, -0.2) is 24.8 Å². The SMILES string of the molecule is CC(=O)c1ccc(CN(C)C)cc1Cl. The van der Waals surface area contributed by atoms with Gasteiger partial charge in [0, 0.05) is 12.1 Å². The van der Waals surface area contributed by atoms with E-state index in [2.05, 4.69) is 4.90 Å². The molecule has 0 atom stereocenters. The van der Waals surface area contributed by atoms with Crippen LogP contribution in [0, 0.1) is 0 Å². The molecule has 14 heavy (non-hydrogen) atoms. The highest BCUT2D eigenvalue weighted by molar-refractivity contribution is 6.33. The first-order valence-electron chi connectivity index (χ1n) is 4.45. The van der Waals surface area contributed by atoms with E-state index in [1.54, 1.807) is 6.07 Å². The molecule has 1 aromatic rings. The minimum atomic E-state index is 0.00593. The first-order chi connectivity index (χ1) is 6.50. The summed E-state index contributed by atoms with van der Waals surface area (Å²) in [7, 11) is 3.99. The molecular weight excluding hydrogens is 198 g/mol. The van der Waals surface area contributed by atoms with Crippen molar-refractivity contribution in [1.82, 2.24) is 4.90 Å². The van der Waals surface area contributed by atoms with E-state index in [1.165, 1.54) is 6.92 Å². The molecule has 0 saturated heterocycles. The molecule has 0 aliphatic rings. The molecule has 1 rings (SSSR count). The van der Waals surface area contributed by atoms with Gasteiger partial charge in [0.2, 0.25) is 0 Å². The van der Waals surface area contributed by atoms with Crippen LogP contribution in [0.4, 0.5) is 0 Å². The quantitative estimate of drug-likeness (QED) is 0.717. The van der Waals surface area contributed by atoms with Crippen LogP contribution in [0.2, 0.25) is 5.02 Å². The van der Waals surface area contributed by atoms with Crippen molar-refractivity contribution in [3.05, 3.63) is 34.3 Å². The van der Waals surface area contributed by atoms with Crippen LogP contribution in [0.3, 0.4) is 0 Å². The monoisotopic (exact) mass is 211 g/mol. The fourth-order valence-corrected chi connectivity index (χ4v) is 1.64. The zero-order valence-electron chi connectivity index (χ0n) is 8.67. The smallest absolute Gasteiger partial charge is 0.161 e. The summed E-state index contributed by atoms with van der Waals surface area (Å²) < 4.78 is 0. The van der Waals surface area contributed by atoms with Crippen LogP contribution in [-0.2, 0) is 6.54 Å². The molecule has 0 radical (unpaired) electrons. The topological polar surface area (TPSA) is 20.3 Å². The van der Waals surface area contributed by atoms with Gasteiger partial charge in [0.1, 0.15) is 0 Å². The molecule has 76 valence electrons. The van der Waals surface area contributed by atoms with Gasteiger partial charge < -0.3 is 4.90 Å². The molecule has 0 amide bonds. The summed E-state index contributed by atoms with van der Waals surface area (Å²) in [5, 5.41) is 0.539. The zero-order valence-corrected chi connectivity index (χ0v) is 9.43. The minimum absolute atomic E-state index is 0.00593. The maximum atomic E-state index is 11.1. The average molecular weight is 212 g/mol. The number of benzene rings is 1. The van der Waals surface area contributed by atoms with Gasteiger partial charge in [0.25, 0.3) is 0 Å². The van der Waals surface area contributed by atoms with Crippen molar-refractivity contribution in [3.8, 4) is 0 Å². The molecule has 0 fully saturated rings. The summed E-state index contributed by atoms with van der Waals surface area (Å²) in [5.74, 6) is 0.00593. The molecule has 0 bridgehead atoms. The predicted octanol–water partition coefficient (Wildman–Crippen LogP) is 2.60. The highest BCUT2D eigenvalue weighted by Gasteiger charge is 2.06. The number of ketones is 1. The van der Waals surface area contributed by atoms with Gasteiger partial charge in [-0.25, -0.2) is 0 Å². The standard InChI is InChI=1S/C11H14ClNO/c1-8(14)10-5-4-9(6-11(10)12)7-13(2)3/h4-6H,7H2,1-3H3. The highest BCUT2D eigenvalue weighted by Crippen LogP contribution is 2.18. The number of Topliss-reactive ketones (excluding diaryl/α,β-unsaturated/α-hetero) is 1. The Kier molecular flexibility index (Phi) is 3.67. The summed E-state index contributed by atoms with van der Waals surface area (Å²) >= 11 is 5.97. The molecule has 0 aliphatic carbocycles. The first-order valence-corrected chi connectivity index (χ1v) is 4.82. The lowest BCUT2D eigenvalue weighted by atomic mass is 10.1. The Balaban J connectivity index is 2.94. The Morgan fingerprint density at radius 1 is 1.43 bits per heavy atom. The van der Waals surface area contributed by atoms with Gasteiger partial charge in [-0.15, -0.1) is 0 Å². The zero-order chi connectivity index (χ0) is 10.7. The van der Waals surface area contributed by atoms with Crippen LogP contribution in [0.5, 0.6) is 0 Å². The number of hydrogen-bond acceptors (Lipinski definition) is 2. The lowest BCUT2D eigenvalue weighted by Gasteiger charge is -2.10. The second kappa shape index (κ2) is 4.58. The highest BCUT2D eigenvalue weighted by atomic mass is 35.5. The first kappa shape index (κ1) is 11.2. The van der Waals surface area contributed by atoms with Crippen LogP contribution < -0.4 is 0 Å². The molecule has 2 nitrogen and oxygen atoms in total. The average Bonchev–Trinajstić information content (AvgIpc) is 2.01. The third-order valence-electron chi connectivity index (χ3n) is 1.91. The van der Waals surface area contributed by atoms with E-state index in [1.807, 2.05) is 26.2 Å². The second-order valence-corrected chi connectivity index (χ2v) is 4.02. The van der Waals surface area contributed by atoms with E-state index in [-0.39, 0.29) is 5.78 Å². The third kappa shape index (κ3) is 2.82. The summed E-state index contributed by atoms with van der Waals surface area (Å²) in [6.07, 6.45) is 0. The summed E-state index contributed by atoms with van der Waals surface area (Å²) in [6, 6.07) is 5.56. The summed E-state index contributed by atoms with van der Waals surface area (Å²) in [6.45, 7) is 2.35. The number of carbonyl (C=O) groups excluding carboxylic acids is 1. The van der Waals surface area contributed by atoms with Crippen molar-refractivity contribution >= 4 is 17.4 Å². The second-order valence-electron chi connectivity index (χ2n) is 3.61. The van der Waals surface area contributed by atoms with Gasteiger partial charge >= 0.3 is 0 Å². The van der Waals surface area contributed by atoms with Crippen molar-refractivity contribution in [1.29, 1.82) is 0 Å². The summed E-state index contributed by atoms with van der Waals surface area (Å²) in [5.41, 5.74) is 1.71. The normalized spacial score (nSPS) is 10.6. The molecule has 3 heteroatoms. The van der Waals surface area contributed by atoms with Crippen LogP contribution in [0.25, 0.3) is 0 Å². The molecule has 1 aromatic carbocycles. The summed E-state index contributed by atoms with van der Waals surface area (Å²) in [4.78, 5) is 13.2. The van der Waals surface area contributed by atoms with E-state index >= 15 is 0 Å². The lowest BCUT2D eigenvalue weighted by Crippen LogP contribution is -2.10. The maximum Gasteiger partial charge on any atom is 0.161 e. The number of carbonyl (C=O) groups is 1. The van der Waals surface area contributed by atoms with Crippen LogP contribution >= 0.6 is 11.6 Å². The van der Waals surface area contributed by atoms with Gasteiger partial charge in [-0.3, -0.25) is 4.79 Å². The van der Waals surface area contributed by atoms with Crippen molar-refractivity contribution in [2.24, 2.45) is 0 Å².